The van der Waals surface area contributed by atoms with E-state index in [1.54, 1.807) is 0 Å². The van der Waals surface area contributed by atoms with E-state index in [1.165, 1.54) is 64.2 Å². The first-order valence-electron chi connectivity index (χ1n) is 27.7. The molecule has 72 heavy (non-hydrogen) atoms. The van der Waals surface area contributed by atoms with Gasteiger partial charge in [-0.15, -0.1) is 0 Å². The molecule has 11 unspecified atom stereocenters. The van der Waals surface area contributed by atoms with Gasteiger partial charge in [0.15, 0.2) is 12.6 Å². The molecule has 2 aliphatic heterocycles. The lowest BCUT2D eigenvalue weighted by molar-refractivity contribution is -0.332. The highest BCUT2D eigenvalue weighted by Gasteiger charge is 2.47. The summed E-state index contributed by atoms with van der Waals surface area (Å²) in [6.07, 6.45) is 40.7. The number of aliphatic hydroxyl groups is 7. The molecule has 0 aliphatic carbocycles. The third kappa shape index (κ3) is 31.1. The smallest absolute Gasteiger partial charge is 0.306 e. The molecule has 0 aromatic carbocycles. The first kappa shape index (κ1) is 65.3. The molecule has 0 bridgehead atoms. The van der Waals surface area contributed by atoms with Gasteiger partial charge in [0.1, 0.15) is 54.9 Å². The molecule has 0 spiro atoms. The molecule has 14 nitrogen and oxygen atoms in total. The van der Waals surface area contributed by atoms with E-state index in [-0.39, 0.29) is 19.6 Å². The van der Waals surface area contributed by atoms with Gasteiger partial charge in [-0.25, -0.2) is 0 Å². The summed E-state index contributed by atoms with van der Waals surface area (Å²) in [4.78, 5) is 13.0. The fourth-order valence-corrected chi connectivity index (χ4v) is 8.21. The maximum absolute atomic E-state index is 13.0. The van der Waals surface area contributed by atoms with E-state index < -0.39 is 86.7 Å². The van der Waals surface area contributed by atoms with E-state index in [9.17, 15) is 40.5 Å². The van der Waals surface area contributed by atoms with Crippen LogP contribution in [0.1, 0.15) is 174 Å². The summed E-state index contributed by atoms with van der Waals surface area (Å²) in [6.45, 7) is 3.52. The number of carbonyl (C=O) groups is 1. The van der Waals surface area contributed by atoms with E-state index >= 15 is 0 Å². The quantitative estimate of drug-likeness (QED) is 0.0172. The number of aliphatic hydroxyl groups excluding tert-OH is 7. The van der Waals surface area contributed by atoms with Crippen LogP contribution < -0.4 is 0 Å². The van der Waals surface area contributed by atoms with Crippen LogP contribution in [0.5, 0.6) is 0 Å². The normalized spacial score (nSPS) is 25.8. The number of rotatable bonds is 43. The lowest BCUT2D eigenvalue weighted by atomic mass is 9.98. The molecule has 2 saturated heterocycles. The second-order valence-corrected chi connectivity index (χ2v) is 19.0. The largest absolute Gasteiger partial charge is 0.457 e. The standard InChI is InChI=1S/C58H98O14/c1-3-5-7-9-11-13-15-17-18-19-20-21-22-23-24-25-26-27-28-29-31-33-35-37-39-41-50(60)70-47(44-67-42-40-38-36-34-32-30-16-14-12-10-8-6-4-2)45-68-57-56(66)54(64)52(62)49(72-57)46-69-58-55(65)53(63)51(61)48(43-59)71-58/h5,7,11,13,17-18,20-21,23-24,26-27,29,31,47-49,51-59,61-66H,3-4,6,8-10,12,14-16,19,22,25,28,30,32-46H2,1-2H3/b7-5-,13-11-,18-17-,21-20-,24-23-,27-26-,31-29-. The van der Waals surface area contributed by atoms with Gasteiger partial charge in [0, 0.05) is 13.0 Å². The number of hydrogen-bond donors (Lipinski definition) is 7. The Morgan fingerprint density at radius 1 is 0.472 bits per heavy atom. The van der Waals surface area contributed by atoms with Crippen molar-refractivity contribution in [2.24, 2.45) is 0 Å². The Morgan fingerprint density at radius 2 is 0.903 bits per heavy atom. The zero-order chi connectivity index (χ0) is 52.3. The van der Waals surface area contributed by atoms with Crippen LogP contribution in [0, 0.1) is 0 Å². The van der Waals surface area contributed by atoms with Crippen molar-refractivity contribution in [3.63, 3.8) is 0 Å². The summed E-state index contributed by atoms with van der Waals surface area (Å²) >= 11 is 0. The third-order valence-corrected chi connectivity index (χ3v) is 12.7. The van der Waals surface area contributed by atoms with Crippen molar-refractivity contribution >= 4 is 5.97 Å². The Bertz CT molecular complexity index is 1510. The zero-order valence-electron chi connectivity index (χ0n) is 44.1. The van der Waals surface area contributed by atoms with Crippen LogP contribution in [0.2, 0.25) is 0 Å². The van der Waals surface area contributed by atoms with Crippen LogP contribution in [0.25, 0.3) is 0 Å². The van der Waals surface area contributed by atoms with Crippen LogP contribution in [0.3, 0.4) is 0 Å². The van der Waals surface area contributed by atoms with Crippen LogP contribution in [0.15, 0.2) is 85.1 Å². The fourth-order valence-electron chi connectivity index (χ4n) is 8.21. The molecule has 2 fully saturated rings. The van der Waals surface area contributed by atoms with Gasteiger partial charge in [0.25, 0.3) is 0 Å². The molecule has 2 rings (SSSR count). The van der Waals surface area contributed by atoms with Crippen LogP contribution >= 0.6 is 0 Å². The molecule has 0 amide bonds. The minimum Gasteiger partial charge on any atom is -0.457 e. The van der Waals surface area contributed by atoms with Gasteiger partial charge < -0.3 is 64.2 Å². The Balaban J connectivity index is 1.74. The highest BCUT2D eigenvalue weighted by Crippen LogP contribution is 2.26. The van der Waals surface area contributed by atoms with Gasteiger partial charge in [-0.05, 0) is 70.6 Å². The van der Waals surface area contributed by atoms with Crippen molar-refractivity contribution in [1.29, 1.82) is 0 Å². The summed E-state index contributed by atoms with van der Waals surface area (Å²) < 4.78 is 34.3. The fraction of sp³-hybridized carbons (Fsp3) is 0.741. The predicted molar refractivity (Wildman–Crippen MR) is 284 cm³/mol. The molecule has 14 heteroatoms. The Morgan fingerprint density at radius 3 is 1.40 bits per heavy atom. The summed E-state index contributed by atoms with van der Waals surface area (Å²) in [5.74, 6) is -0.410. The Kier molecular flexibility index (Phi) is 40.3. The van der Waals surface area contributed by atoms with Crippen LogP contribution in [-0.2, 0) is 33.2 Å². The van der Waals surface area contributed by atoms with E-state index in [2.05, 4.69) is 98.9 Å². The van der Waals surface area contributed by atoms with Gasteiger partial charge in [0.2, 0.25) is 0 Å². The summed E-state index contributed by atoms with van der Waals surface area (Å²) in [5.41, 5.74) is 0. The molecular formula is C58H98O14. The van der Waals surface area contributed by atoms with E-state index in [0.717, 1.165) is 83.5 Å². The average molecular weight is 1020 g/mol. The monoisotopic (exact) mass is 1020 g/mol. The number of unbranched alkanes of at least 4 members (excludes halogenated alkanes) is 15. The summed E-state index contributed by atoms with van der Waals surface area (Å²) in [7, 11) is 0. The van der Waals surface area contributed by atoms with E-state index in [0.29, 0.717) is 13.0 Å². The molecule has 7 N–H and O–H groups in total. The minimum absolute atomic E-state index is 0.0448. The Hall–Kier alpha value is -2.83. The van der Waals surface area contributed by atoms with Gasteiger partial charge >= 0.3 is 5.97 Å². The lowest BCUT2D eigenvalue weighted by Gasteiger charge is -2.42. The van der Waals surface area contributed by atoms with Gasteiger partial charge in [0.05, 0.1) is 26.4 Å². The van der Waals surface area contributed by atoms with Crippen molar-refractivity contribution in [2.45, 2.75) is 242 Å². The number of esters is 1. The predicted octanol–water partition coefficient (Wildman–Crippen LogP) is 9.24. The second kappa shape index (κ2) is 44.5. The average Bonchev–Trinajstić information content (AvgIpc) is 3.38. The first-order chi connectivity index (χ1) is 35.1. The first-order valence-corrected chi connectivity index (χ1v) is 27.7. The van der Waals surface area contributed by atoms with Crippen LogP contribution in [-0.4, -0.2) is 142 Å². The highest BCUT2D eigenvalue weighted by molar-refractivity contribution is 5.69. The molecule has 11 atom stereocenters. The number of hydrogen-bond acceptors (Lipinski definition) is 14. The van der Waals surface area contributed by atoms with Gasteiger partial charge in [-0.2, -0.15) is 0 Å². The number of allylic oxidation sites excluding steroid dienone is 14. The van der Waals surface area contributed by atoms with Crippen molar-refractivity contribution in [2.75, 3.05) is 33.0 Å². The van der Waals surface area contributed by atoms with E-state index in [1.807, 2.05) is 0 Å². The molecule has 2 aliphatic rings. The molecule has 0 saturated carbocycles. The summed E-state index contributed by atoms with van der Waals surface area (Å²) in [6, 6.07) is 0. The molecule has 414 valence electrons. The van der Waals surface area contributed by atoms with Crippen LogP contribution in [0.4, 0.5) is 0 Å². The van der Waals surface area contributed by atoms with Crippen molar-refractivity contribution < 1.29 is 69.0 Å². The molecule has 0 aromatic heterocycles. The maximum atomic E-state index is 13.0. The summed E-state index contributed by atoms with van der Waals surface area (Å²) in [5, 5.41) is 72.2. The molecule has 0 radical (unpaired) electrons. The highest BCUT2D eigenvalue weighted by atomic mass is 16.7. The van der Waals surface area contributed by atoms with Crippen molar-refractivity contribution in [3.8, 4) is 0 Å². The van der Waals surface area contributed by atoms with Gasteiger partial charge in [-0.3, -0.25) is 4.79 Å². The Labute approximate surface area is 433 Å². The topological polar surface area (TPSA) is 214 Å². The molecule has 0 aromatic rings. The van der Waals surface area contributed by atoms with Crippen molar-refractivity contribution in [1.82, 2.24) is 0 Å². The molecule has 2 heterocycles. The lowest BCUT2D eigenvalue weighted by Crippen LogP contribution is -2.61. The molecular weight excluding hydrogens is 921 g/mol. The SMILES string of the molecule is CC/C=C\C/C=C\C/C=C\C/C=C\C/C=C\C/C=C\C/C=C\CCCCCC(=O)OC(COCCCCCCCCCCCCCCC)COC1OC(COC2OC(CO)C(O)C(O)C2O)C(O)C(O)C1O. The maximum Gasteiger partial charge on any atom is 0.306 e. The minimum atomic E-state index is -1.72. The second-order valence-electron chi connectivity index (χ2n) is 19.0. The number of ether oxygens (including phenoxy) is 6. The number of carbonyl (C=O) groups excluding carboxylic acids is 1. The zero-order valence-corrected chi connectivity index (χ0v) is 44.1. The van der Waals surface area contributed by atoms with E-state index in [4.69, 9.17) is 28.4 Å². The van der Waals surface area contributed by atoms with Crippen molar-refractivity contribution in [3.05, 3.63) is 85.1 Å². The third-order valence-electron chi connectivity index (χ3n) is 12.7. The van der Waals surface area contributed by atoms with Gasteiger partial charge in [-0.1, -0.05) is 182 Å².